The highest BCUT2D eigenvalue weighted by molar-refractivity contribution is 8.76. The summed E-state index contributed by atoms with van der Waals surface area (Å²) in [4.78, 5) is 92.3. The Bertz CT molecular complexity index is 940. The minimum absolute atomic E-state index is 0.153. The molecule has 0 saturated heterocycles. The van der Waals surface area contributed by atoms with E-state index in [1.807, 2.05) is 0 Å². The number of aliphatic carboxylic acids is 4. The Balaban J connectivity index is 4.52. The topological polar surface area (TPSA) is 313 Å². The van der Waals surface area contributed by atoms with Crippen molar-refractivity contribution < 1.29 is 58.8 Å². The second kappa shape index (κ2) is 22.9. The molecule has 20 heteroatoms. The van der Waals surface area contributed by atoms with E-state index in [1.54, 1.807) is 0 Å². The van der Waals surface area contributed by atoms with E-state index < -0.39 is 84.5 Å². The molecule has 10 N–H and O–H groups in total. The number of hydrogen-bond acceptors (Lipinski definition) is 10. The molecule has 0 aliphatic heterocycles. The van der Waals surface area contributed by atoms with Gasteiger partial charge in [-0.3, -0.25) is 38.4 Å². The molecule has 248 valence electrons. The first kappa shape index (κ1) is 40.4. The summed E-state index contributed by atoms with van der Waals surface area (Å²) in [5.41, 5.74) is 14.6. The summed E-state index contributed by atoms with van der Waals surface area (Å²) in [6, 6.07) is -5.34. The van der Waals surface area contributed by atoms with Crippen molar-refractivity contribution in [1.29, 1.82) is 0 Å². The van der Waals surface area contributed by atoms with Gasteiger partial charge in [0, 0.05) is 50.3 Å². The molecule has 4 atom stereocenters. The number of carboxylic acids is 4. The van der Waals surface area contributed by atoms with Crippen LogP contribution in [0.1, 0.15) is 51.4 Å². The molecule has 2 radical (unpaired) electrons. The third-order valence-corrected chi connectivity index (χ3v) is 7.97. The molecule has 0 rings (SSSR count). The molecular formula is C24H38N6O12S2. The molecule has 0 spiro atoms. The zero-order valence-electron chi connectivity index (χ0n) is 23.7. The lowest BCUT2D eigenvalue weighted by Gasteiger charge is -2.18. The quantitative estimate of drug-likeness (QED) is 0.0399. The molecule has 0 heterocycles. The van der Waals surface area contributed by atoms with E-state index in [4.69, 9.17) is 31.9 Å². The maximum atomic E-state index is 12.5. The molecule has 4 amide bonds. The monoisotopic (exact) mass is 666 g/mol. The largest absolute Gasteiger partial charge is 0.481 e. The number of hydrogen-bond donors (Lipinski definition) is 8. The van der Waals surface area contributed by atoms with Gasteiger partial charge >= 0.3 is 23.9 Å². The van der Waals surface area contributed by atoms with Gasteiger partial charge in [0.25, 0.3) is 0 Å². The molecule has 4 unspecified atom stereocenters. The van der Waals surface area contributed by atoms with Crippen LogP contribution in [0.3, 0.4) is 0 Å². The third-order valence-electron chi connectivity index (χ3n) is 5.57. The van der Waals surface area contributed by atoms with Gasteiger partial charge in [0.15, 0.2) is 0 Å². The molecule has 0 aliphatic carbocycles. The van der Waals surface area contributed by atoms with Crippen LogP contribution in [0.2, 0.25) is 0 Å². The Morgan fingerprint density at radius 3 is 1.18 bits per heavy atom. The first-order chi connectivity index (χ1) is 20.6. The average molecular weight is 667 g/mol. The maximum absolute atomic E-state index is 12.5. The first-order valence-corrected chi connectivity index (χ1v) is 15.8. The van der Waals surface area contributed by atoms with Crippen LogP contribution in [0.5, 0.6) is 0 Å². The van der Waals surface area contributed by atoms with Crippen molar-refractivity contribution in [3.63, 3.8) is 0 Å². The zero-order valence-corrected chi connectivity index (χ0v) is 25.3. The van der Waals surface area contributed by atoms with E-state index in [0.717, 1.165) is 0 Å². The van der Waals surface area contributed by atoms with Gasteiger partial charge in [0.05, 0.1) is 0 Å². The number of carbonyl (C=O) groups is 8. The van der Waals surface area contributed by atoms with Gasteiger partial charge in [-0.25, -0.2) is 11.5 Å². The molecule has 0 aromatic heterocycles. The number of nitrogens with one attached hydrogen (secondary N) is 6. The molecule has 0 fully saturated rings. The molecular weight excluding hydrogens is 628 g/mol. The van der Waals surface area contributed by atoms with Crippen LogP contribution < -0.4 is 32.7 Å². The van der Waals surface area contributed by atoms with Gasteiger partial charge in [-0.15, -0.1) is 0 Å². The Morgan fingerprint density at radius 1 is 0.545 bits per heavy atom. The Morgan fingerprint density at radius 2 is 0.886 bits per heavy atom. The lowest BCUT2D eigenvalue weighted by Crippen LogP contribution is -2.47. The van der Waals surface area contributed by atoms with Crippen LogP contribution in [0.15, 0.2) is 0 Å². The minimum Gasteiger partial charge on any atom is -0.481 e. The normalized spacial score (nSPS) is 13.4. The predicted octanol–water partition coefficient (Wildman–Crippen LogP) is -1.67. The second-order valence-corrected chi connectivity index (χ2v) is 11.9. The summed E-state index contributed by atoms with van der Waals surface area (Å²) in [5, 5.41) is 45.1. The van der Waals surface area contributed by atoms with Crippen LogP contribution in [0, 0.1) is 0 Å². The molecule has 0 aromatic rings. The van der Waals surface area contributed by atoms with Gasteiger partial charge in [-0.2, -0.15) is 0 Å². The second-order valence-electron chi connectivity index (χ2n) is 9.19. The molecule has 0 bridgehead atoms. The van der Waals surface area contributed by atoms with E-state index in [1.165, 1.54) is 21.6 Å². The summed E-state index contributed by atoms with van der Waals surface area (Å²) < 4.78 is 0. The Labute approximate surface area is 260 Å². The summed E-state index contributed by atoms with van der Waals surface area (Å²) in [6.45, 7) is 0.306. The van der Waals surface area contributed by atoms with E-state index in [2.05, 4.69) is 21.3 Å². The van der Waals surface area contributed by atoms with Gasteiger partial charge in [-0.05, 0) is 25.7 Å². The van der Waals surface area contributed by atoms with Crippen molar-refractivity contribution in [3.05, 3.63) is 0 Å². The molecule has 18 nitrogen and oxygen atoms in total. The molecule has 0 aromatic carbocycles. The van der Waals surface area contributed by atoms with Gasteiger partial charge in [0.2, 0.25) is 23.6 Å². The Hall–Kier alpha value is -3.62. The van der Waals surface area contributed by atoms with E-state index in [9.17, 15) is 38.4 Å². The minimum atomic E-state index is -1.51. The third kappa shape index (κ3) is 20.3. The molecule has 44 heavy (non-hydrogen) atoms. The molecule has 0 aliphatic rings. The fourth-order valence-corrected chi connectivity index (χ4v) is 5.01. The highest BCUT2D eigenvalue weighted by atomic mass is 33.1. The average Bonchev–Trinajstić information content (AvgIpc) is 2.95. The fraction of sp³-hybridized carbons (Fsp3) is 0.667. The van der Waals surface area contributed by atoms with Crippen LogP contribution in [0.4, 0.5) is 0 Å². The van der Waals surface area contributed by atoms with Crippen LogP contribution in [-0.4, -0.2) is 117 Å². The molecule has 0 saturated carbocycles. The van der Waals surface area contributed by atoms with Crippen molar-refractivity contribution in [2.75, 3.05) is 24.6 Å². The number of carboxylic acid groups (broad SMARTS) is 4. The van der Waals surface area contributed by atoms with E-state index in [-0.39, 0.29) is 51.6 Å². The van der Waals surface area contributed by atoms with Crippen LogP contribution >= 0.6 is 21.6 Å². The van der Waals surface area contributed by atoms with Crippen LogP contribution in [-0.2, 0) is 38.4 Å². The fourth-order valence-electron chi connectivity index (χ4n) is 3.20. The van der Waals surface area contributed by atoms with Crippen molar-refractivity contribution in [2.45, 2.75) is 75.5 Å². The SMILES string of the molecule is [NH]C(CCC(=O)NC(CCC(=O)O)C(=O)NCCSSCCNC(=O)C(CCC(=O)O)NC(=O)CCC([NH])C(=O)O)C(=O)O. The van der Waals surface area contributed by atoms with Crippen molar-refractivity contribution in [3.8, 4) is 0 Å². The first-order valence-electron chi connectivity index (χ1n) is 13.3. The predicted molar refractivity (Wildman–Crippen MR) is 156 cm³/mol. The standard InChI is InChI=1S/C24H38N6O12S2/c25-13(23(39)40)1-5-17(31)29-15(3-7-19(33)34)21(37)27-9-11-43-44-12-10-28-22(38)16(4-8-20(35)36)30-18(32)6-2-14(26)24(41)42/h13-16,25-26H,1-12H2,(H,27,37)(H,28,38)(H,29,31)(H,30,32)(H,33,34)(H,35,36)(H,39,40)(H,41,42). The number of amides is 4. The van der Waals surface area contributed by atoms with E-state index in [0.29, 0.717) is 11.5 Å². The van der Waals surface area contributed by atoms with E-state index >= 15 is 0 Å². The maximum Gasteiger partial charge on any atom is 0.322 e. The highest BCUT2D eigenvalue weighted by Crippen LogP contribution is 2.19. The number of carbonyl (C=O) groups excluding carboxylic acids is 4. The number of rotatable bonds is 25. The van der Waals surface area contributed by atoms with Crippen molar-refractivity contribution in [1.82, 2.24) is 32.7 Å². The lowest BCUT2D eigenvalue weighted by atomic mass is 10.1. The summed E-state index contributed by atoms with van der Waals surface area (Å²) >= 11 is 0. The van der Waals surface area contributed by atoms with Crippen LogP contribution in [0.25, 0.3) is 0 Å². The zero-order chi connectivity index (χ0) is 33.7. The smallest absolute Gasteiger partial charge is 0.322 e. The summed E-state index contributed by atoms with van der Waals surface area (Å²) in [5.74, 6) is -6.99. The van der Waals surface area contributed by atoms with Gasteiger partial charge < -0.3 is 41.7 Å². The van der Waals surface area contributed by atoms with Crippen molar-refractivity contribution >= 4 is 69.1 Å². The van der Waals surface area contributed by atoms with Crippen molar-refractivity contribution in [2.24, 2.45) is 0 Å². The Kier molecular flexibility index (Phi) is 21.0. The highest BCUT2D eigenvalue weighted by Gasteiger charge is 2.24. The summed E-state index contributed by atoms with van der Waals surface area (Å²) in [6.07, 6.45) is -2.40. The lowest BCUT2D eigenvalue weighted by molar-refractivity contribution is -0.140. The van der Waals surface area contributed by atoms with Gasteiger partial charge in [0.1, 0.15) is 24.2 Å². The van der Waals surface area contributed by atoms with Gasteiger partial charge in [-0.1, -0.05) is 21.6 Å². The summed E-state index contributed by atoms with van der Waals surface area (Å²) in [7, 11) is 2.66.